The van der Waals surface area contributed by atoms with Crippen LogP contribution < -0.4 is 0 Å². The maximum Gasteiger partial charge on any atom is 0.0701 e. The summed E-state index contributed by atoms with van der Waals surface area (Å²) >= 11 is 5.65. The fourth-order valence-corrected chi connectivity index (χ4v) is 4.13. The van der Waals surface area contributed by atoms with Gasteiger partial charge in [-0.1, -0.05) is 51.9 Å². The third-order valence-corrected chi connectivity index (χ3v) is 6.80. The summed E-state index contributed by atoms with van der Waals surface area (Å²) in [5.74, 6) is 0.746. The maximum atomic E-state index is 5.65. The molecule has 0 aromatic carbocycles. The first-order valence-corrected chi connectivity index (χ1v) is 18.4. The maximum absolute atomic E-state index is 5.65. The zero-order valence-corrected chi connectivity index (χ0v) is 30.0. The summed E-state index contributed by atoms with van der Waals surface area (Å²) in [5, 5.41) is 0. The van der Waals surface area contributed by atoms with Gasteiger partial charge in [-0.05, 0) is 19.3 Å². The lowest BCUT2D eigenvalue weighted by Crippen LogP contribution is -2.15. The van der Waals surface area contributed by atoms with E-state index in [-0.39, 0.29) is 0 Å². The number of halogens is 1. The molecule has 0 heterocycles. The Kier molecular flexibility index (Phi) is 44.7. The first kappa shape index (κ1) is 45.9. The minimum Gasteiger partial charge on any atom is -0.379 e. The number of rotatable bonds is 43. The summed E-state index contributed by atoms with van der Waals surface area (Å²) in [7, 11) is 0. The minimum absolute atomic E-state index is 0.524. The Morgan fingerprint density at radius 3 is 0.674 bits per heavy atom. The largest absolute Gasteiger partial charge is 0.379 e. The highest BCUT2D eigenvalue weighted by Gasteiger charge is 1.97. The normalized spacial score (nSPS) is 11.6. The van der Waals surface area contributed by atoms with E-state index >= 15 is 0 Å². The van der Waals surface area contributed by atoms with Crippen molar-refractivity contribution in [1.82, 2.24) is 0 Å². The molecule has 0 bridgehead atoms. The molecule has 12 heteroatoms. The van der Waals surface area contributed by atoms with Gasteiger partial charge < -0.3 is 52.1 Å². The lowest BCUT2D eigenvalue weighted by atomic mass is 10.1. The van der Waals surface area contributed by atoms with Gasteiger partial charge in [0, 0.05) is 19.1 Å². The molecule has 0 atom stereocenters. The smallest absolute Gasteiger partial charge is 0.0701 e. The van der Waals surface area contributed by atoms with Crippen LogP contribution in [0.15, 0.2) is 0 Å². The predicted molar refractivity (Wildman–Crippen MR) is 182 cm³/mol. The molecule has 0 saturated carbocycles. The van der Waals surface area contributed by atoms with Crippen molar-refractivity contribution in [3.8, 4) is 0 Å². The van der Waals surface area contributed by atoms with Gasteiger partial charge in [0.25, 0.3) is 0 Å². The van der Waals surface area contributed by atoms with E-state index in [2.05, 4.69) is 6.92 Å². The third-order valence-electron chi connectivity index (χ3n) is 6.53. The monoisotopic (exact) mass is 688 g/mol. The topological polar surface area (TPSA) is 102 Å². The Balaban J connectivity index is 3.03. The third kappa shape index (κ3) is 43.9. The lowest BCUT2D eigenvalue weighted by molar-refractivity contribution is -0.0275. The van der Waals surface area contributed by atoms with Crippen LogP contribution >= 0.6 is 11.6 Å². The summed E-state index contributed by atoms with van der Waals surface area (Å²) in [5.41, 5.74) is 0. The predicted octanol–water partition coefficient (Wildman–Crippen LogP) is 5.33. The van der Waals surface area contributed by atoms with Crippen LogP contribution in [0.3, 0.4) is 0 Å². The van der Waals surface area contributed by atoms with Crippen LogP contribution in [0.2, 0.25) is 0 Å². The van der Waals surface area contributed by atoms with E-state index in [0.717, 1.165) is 38.4 Å². The lowest BCUT2D eigenvalue weighted by Gasteiger charge is -2.09. The van der Waals surface area contributed by atoms with E-state index in [9.17, 15) is 0 Å². The quantitative estimate of drug-likeness (QED) is 0.0614. The summed E-state index contributed by atoms with van der Waals surface area (Å²) in [6.45, 7) is 14.9. The van der Waals surface area contributed by atoms with E-state index in [1.165, 1.54) is 44.9 Å². The van der Waals surface area contributed by atoms with Gasteiger partial charge >= 0.3 is 0 Å². The Morgan fingerprint density at radius 1 is 0.239 bits per heavy atom. The van der Waals surface area contributed by atoms with Crippen LogP contribution in [-0.2, 0) is 52.1 Å². The molecule has 0 unspecified atom stereocenters. The van der Waals surface area contributed by atoms with Crippen molar-refractivity contribution in [2.24, 2.45) is 0 Å². The van der Waals surface area contributed by atoms with E-state index in [1.54, 1.807) is 0 Å². The Morgan fingerprint density at radius 2 is 0.435 bits per heavy atom. The van der Waals surface area contributed by atoms with E-state index < -0.39 is 0 Å². The average Bonchev–Trinajstić information content (AvgIpc) is 3.07. The minimum atomic E-state index is 0.524. The molecule has 0 rings (SSSR count). The standard InChI is InChI=1S/C34H69ClO11/c1-2-3-4-5-7-10-13-36-15-17-38-19-21-40-23-25-42-27-29-44-31-33-46-34-32-45-30-28-43-26-24-41-22-20-39-18-16-37-14-11-8-6-9-12-35/h2-34H2,1H3. The molecule has 11 nitrogen and oxygen atoms in total. The summed E-state index contributed by atoms with van der Waals surface area (Å²) in [6.07, 6.45) is 12.2. The molecule has 0 spiro atoms. The zero-order valence-electron chi connectivity index (χ0n) is 29.2. The van der Waals surface area contributed by atoms with Crippen LogP contribution in [-0.4, -0.2) is 151 Å². The van der Waals surface area contributed by atoms with Crippen LogP contribution in [0, 0.1) is 0 Å². The van der Waals surface area contributed by atoms with E-state index in [4.69, 9.17) is 63.7 Å². The summed E-state index contributed by atoms with van der Waals surface area (Å²) < 4.78 is 60.6. The molecule has 0 aliphatic carbocycles. The number of hydrogen-bond acceptors (Lipinski definition) is 11. The van der Waals surface area contributed by atoms with E-state index in [0.29, 0.717) is 132 Å². The summed E-state index contributed by atoms with van der Waals surface area (Å²) in [6, 6.07) is 0. The van der Waals surface area contributed by atoms with Crippen molar-refractivity contribution in [2.45, 2.75) is 71.1 Å². The van der Waals surface area contributed by atoms with Crippen molar-refractivity contribution in [1.29, 1.82) is 0 Å². The molecule has 0 saturated heterocycles. The second-order valence-electron chi connectivity index (χ2n) is 10.6. The van der Waals surface area contributed by atoms with Crippen molar-refractivity contribution < 1.29 is 52.1 Å². The molecule has 278 valence electrons. The van der Waals surface area contributed by atoms with Crippen LogP contribution in [0.5, 0.6) is 0 Å². The molecular formula is C34H69ClO11. The van der Waals surface area contributed by atoms with Crippen molar-refractivity contribution in [3.63, 3.8) is 0 Å². The number of hydrogen-bond donors (Lipinski definition) is 0. The molecule has 0 radical (unpaired) electrons. The van der Waals surface area contributed by atoms with Gasteiger partial charge in [0.2, 0.25) is 0 Å². The Hall–Kier alpha value is -0.150. The number of ether oxygens (including phenoxy) is 11. The van der Waals surface area contributed by atoms with Crippen LogP contribution in [0.1, 0.15) is 71.1 Å². The fourth-order valence-electron chi connectivity index (χ4n) is 3.94. The second-order valence-corrected chi connectivity index (χ2v) is 11.0. The highest BCUT2D eigenvalue weighted by molar-refractivity contribution is 6.17. The molecular weight excluding hydrogens is 620 g/mol. The van der Waals surface area contributed by atoms with Gasteiger partial charge in [0.15, 0.2) is 0 Å². The zero-order chi connectivity index (χ0) is 33.1. The van der Waals surface area contributed by atoms with Crippen molar-refractivity contribution in [2.75, 3.05) is 151 Å². The Labute approximate surface area is 285 Å². The van der Waals surface area contributed by atoms with Gasteiger partial charge in [0.1, 0.15) is 0 Å². The van der Waals surface area contributed by atoms with E-state index in [1.807, 2.05) is 0 Å². The molecule has 0 aromatic rings. The average molecular weight is 689 g/mol. The first-order chi connectivity index (χ1) is 22.9. The van der Waals surface area contributed by atoms with Crippen molar-refractivity contribution >= 4 is 11.6 Å². The molecule has 0 N–H and O–H groups in total. The van der Waals surface area contributed by atoms with Gasteiger partial charge in [0.05, 0.1) is 132 Å². The first-order valence-electron chi connectivity index (χ1n) is 17.8. The highest BCUT2D eigenvalue weighted by Crippen LogP contribution is 2.05. The van der Waals surface area contributed by atoms with Crippen LogP contribution in [0.4, 0.5) is 0 Å². The van der Waals surface area contributed by atoms with Gasteiger partial charge in [-0.15, -0.1) is 11.6 Å². The van der Waals surface area contributed by atoms with Crippen LogP contribution in [0.25, 0.3) is 0 Å². The fraction of sp³-hybridized carbons (Fsp3) is 1.00. The molecule has 0 amide bonds. The second kappa shape index (κ2) is 44.9. The molecule has 0 aliphatic rings. The molecule has 46 heavy (non-hydrogen) atoms. The Bertz CT molecular complexity index is 479. The van der Waals surface area contributed by atoms with Gasteiger partial charge in [-0.3, -0.25) is 0 Å². The van der Waals surface area contributed by atoms with Gasteiger partial charge in [-0.25, -0.2) is 0 Å². The van der Waals surface area contributed by atoms with Gasteiger partial charge in [-0.2, -0.15) is 0 Å². The highest BCUT2D eigenvalue weighted by atomic mass is 35.5. The SMILES string of the molecule is CCCCCCCCOCCOCCOCCOCCOCCOCCOCCOCCOCCOCCOCCCCCCCl. The molecule has 0 fully saturated rings. The molecule has 0 aromatic heterocycles. The summed E-state index contributed by atoms with van der Waals surface area (Å²) in [4.78, 5) is 0. The number of alkyl halides is 1. The number of unbranched alkanes of at least 4 members (excludes halogenated alkanes) is 8. The molecule has 0 aliphatic heterocycles. The van der Waals surface area contributed by atoms with Crippen molar-refractivity contribution in [3.05, 3.63) is 0 Å².